The molecule has 0 spiro atoms. The van der Waals surface area contributed by atoms with E-state index in [1.165, 1.54) is 0 Å². The van der Waals surface area contributed by atoms with Gasteiger partial charge in [0.25, 0.3) is 0 Å². The minimum Gasteiger partial charge on any atom is -0.468 e. The van der Waals surface area contributed by atoms with Gasteiger partial charge in [0.1, 0.15) is 5.76 Å². The van der Waals surface area contributed by atoms with Gasteiger partial charge in [-0.3, -0.25) is 4.98 Å². The smallest absolute Gasteiger partial charge is 0.113 e. The van der Waals surface area contributed by atoms with Crippen LogP contribution < -0.4 is 0 Å². The van der Waals surface area contributed by atoms with Gasteiger partial charge in [-0.2, -0.15) is 0 Å². The Hall–Kier alpha value is -1.26. The lowest BCUT2D eigenvalue weighted by atomic mass is 10.2. The minimum absolute atomic E-state index is 0.459. The van der Waals surface area contributed by atoms with Crippen molar-refractivity contribution >= 4 is 11.8 Å². The normalized spacial score (nSPS) is 12.6. The molecular weight excluding hydrogens is 234 g/mol. The summed E-state index contributed by atoms with van der Waals surface area (Å²) in [6, 6.07) is 7.69. The van der Waals surface area contributed by atoms with Gasteiger partial charge in [0, 0.05) is 11.1 Å². The maximum atomic E-state index is 9.62. The van der Waals surface area contributed by atoms with Crippen LogP contribution in [0.1, 0.15) is 30.9 Å². The Morgan fingerprint density at radius 3 is 2.88 bits per heavy atom. The van der Waals surface area contributed by atoms with E-state index in [1.807, 2.05) is 31.2 Å². The number of hydrogen-bond acceptors (Lipinski definition) is 4. The third-order valence-corrected chi connectivity index (χ3v) is 3.45. The number of rotatable bonds is 5. The summed E-state index contributed by atoms with van der Waals surface area (Å²) in [6.07, 6.45) is 3.70. The fourth-order valence-electron chi connectivity index (χ4n) is 1.43. The van der Waals surface area contributed by atoms with E-state index < -0.39 is 6.10 Å². The first-order valence-corrected chi connectivity index (χ1v) is 6.57. The highest BCUT2D eigenvalue weighted by molar-refractivity contribution is 7.98. The molecule has 0 bridgehead atoms. The Morgan fingerprint density at radius 2 is 2.29 bits per heavy atom. The zero-order chi connectivity index (χ0) is 12.1. The number of thioether (sulfide) groups is 1. The lowest BCUT2D eigenvalue weighted by molar-refractivity contribution is 0.169. The third-order valence-electron chi connectivity index (χ3n) is 2.45. The average molecular weight is 249 g/mol. The Kier molecular flexibility index (Phi) is 4.23. The fourth-order valence-corrected chi connectivity index (χ4v) is 2.20. The van der Waals surface area contributed by atoms with E-state index in [9.17, 15) is 5.11 Å². The third kappa shape index (κ3) is 3.35. The maximum absolute atomic E-state index is 9.62. The number of pyridine rings is 1. The molecule has 0 aliphatic heterocycles. The number of aliphatic hydroxyl groups excluding tert-OH is 1. The molecule has 2 aromatic heterocycles. The number of aliphatic hydroxyl groups is 1. The van der Waals surface area contributed by atoms with Crippen LogP contribution >= 0.6 is 11.8 Å². The predicted molar refractivity (Wildman–Crippen MR) is 67.8 cm³/mol. The lowest BCUT2D eigenvalue weighted by Gasteiger charge is -2.07. The molecular formula is C13H15NO2S. The lowest BCUT2D eigenvalue weighted by Crippen LogP contribution is -1.97. The highest BCUT2D eigenvalue weighted by Gasteiger charge is 2.06. The van der Waals surface area contributed by atoms with E-state index in [2.05, 4.69) is 4.98 Å². The van der Waals surface area contributed by atoms with Crippen LogP contribution in [0.25, 0.3) is 0 Å². The van der Waals surface area contributed by atoms with E-state index in [-0.39, 0.29) is 0 Å². The number of hydrogen-bond donors (Lipinski definition) is 1. The molecule has 17 heavy (non-hydrogen) atoms. The molecule has 0 aromatic carbocycles. The largest absolute Gasteiger partial charge is 0.468 e. The van der Waals surface area contributed by atoms with Crippen LogP contribution in [0.4, 0.5) is 0 Å². The first-order valence-electron chi connectivity index (χ1n) is 5.58. The molecule has 0 aliphatic rings. The first-order chi connectivity index (χ1) is 8.29. The maximum Gasteiger partial charge on any atom is 0.113 e. The van der Waals surface area contributed by atoms with Gasteiger partial charge < -0.3 is 9.52 Å². The van der Waals surface area contributed by atoms with Gasteiger partial charge in [-0.15, -0.1) is 11.8 Å². The van der Waals surface area contributed by atoms with Crippen molar-refractivity contribution in [1.82, 2.24) is 4.98 Å². The number of nitrogens with zero attached hydrogens (tertiary/aromatic N) is 1. The molecule has 0 fully saturated rings. The summed E-state index contributed by atoms with van der Waals surface area (Å²) < 4.78 is 5.25. The number of aromatic nitrogens is 1. The summed E-state index contributed by atoms with van der Waals surface area (Å²) in [5.41, 5.74) is 0.731. The molecule has 1 unspecified atom stereocenters. The van der Waals surface area contributed by atoms with Gasteiger partial charge in [-0.05, 0) is 30.7 Å². The molecule has 4 heteroatoms. The van der Waals surface area contributed by atoms with Crippen LogP contribution in [0.3, 0.4) is 0 Å². The van der Waals surface area contributed by atoms with Gasteiger partial charge in [-0.25, -0.2) is 0 Å². The summed E-state index contributed by atoms with van der Waals surface area (Å²) in [4.78, 5) is 5.33. The van der Waals surface area contributed by atoms with Crippen LogP contribution in [0, 0.1) is 0 Å². The monoisotopic (exact) mass is 249 g/mol. The zero-order valence-corrected chi connectivity index (χ0v) is 10.5. The molecule has 0 amide bonds. The van der Waals surface area contributed by atoms with Gasteiger partial charge in [0.15, 0.2) is 0 Å². The first kappa shape index (κ1) is 12.2. The standard InChI is InChI=1S/C13H15NO2S/c1-2-13(15)12-6-5-11(8-14-12)17-9-10-4-3-7-16-10/h3-8,13,15H,2,9H2,1H3. The Morgan fingerprint density at radius 1 is 1.41 bits per heavy atom. The van der Waals surface area contributed by atoms with Crippen LogP contribution in [0.15, 0.2) is 46.0 Å². The fraction of sp³-hybridized carbons (Fsp3) is 0.308. The van der Waals surface area contributed by atoms with Gasteiger partial charge >= 0.3 is 0 Å². The average Bonchev–Trinajstić information content (AvgIpc) is 2.89. The second-order valence-corrected chi connectivity index (χ2v) is 4.76. The van der Waals surface area contributed by atoms with E-state index in [1.54, 1.807) is 24.2 Å². The van der Waals surface area contributed by atoms with Crippen molar-refractivity contribution in [3.8, 4) is 0 Å². The van der Waals surface area contributed by atoms with E-state index in [0.717, 1.165) is 22.1 Å². The second-order valence-electron chi connectivity index (χ2n) is 3.71. The molecule has 2 rings (SSSR count). The SMILES string of the molecule is CCC(O)c1ccc(SCc2ccco2)cn1. The molecule has 0 saturated carbocycles. The Balaban J connectivity index is 1.94. The van der Waals surface area contributed by atoms with Gasteiger partial charge in [-0.1, -0.05) is 6.92 Å². The molecule has 0 radical (unpaired) electrons. The molecule has 1 atom stereocenters. The summed E-state index contributed by atoms with van der Waals surface area (Å²) >= 11 is 1.67. The zero-order valence-electron chi connectivity index (χ0n) is 9.67. The van der Waals surface area contributed by atoms with Crippen molar-refractivity contribution in [1.29, 1.82) is 0 Å². The Bertz CT molecular complexity index is 439. The van der Waals surface area contributed by atoms with Crippen LogP contribution in [0.5, 0.6) is 0 Å². The van der Waals surface area contributed by atoms with Crippen molar-refractivity contribution in [2.24, 2.45) is 0 Å². The molecule has 0 aliphatic carbocycles. The van der Waals surface area contributed by atoms with E-state index in [0.29, 0.717) is 6.42 Å². The highest BCUT2D eigenvalue weighted by atomic mass is 32.2. The van der Waals surface area contributed by atoms with Gasteiger partial charge in [0.05, 0.1) is 23.8 Å². The van der Waals surface area contributed by atoms with E-state index in [4.69, 9.17) is 4.42 Å². The van der Waals surface area contributed by atoms with Crippen LogP contribution in [0.2, 0.25) is 0 Å². The van der Waals surface area contributed by atoms with Crippen LogP contribution in [-0.2, 0) is 5.75 Å². The quantitative estimate of drug-likeness (QED) is 0.825. The molecule has 90 valence electrons. The van der Waals surface area contributed by atoms with E-state index >= 15 is 0 Å². The predicted octanol–water partition coefficient (Wildman–Crippen LogP) is 3.41. The minimum atomic E-state index is -0.459. The summed E-state index contributed by atoms with van der Waals surface area (Å²) in [7, 11) is 0. The van der Waals surface area contributed by atoms with Crippen molar-refractivity contribution in [2.45, 2.75) is 30.1 Å². The molecule has 2 aromatic rings. The Labute approximate surface area is 105 Å². The number of furan rings is 1. The van der Waals surface area contributed by atoms with Crippen molar-refractivity contribution < 1.29 is 9.52 Å². The topological polar surface area (TPSA) is 46.3 Å². The van der Waals surface area contributed by atoms with Crippen LogP contribution in [-0.4, -0.2) is 10.1 Å². The van der Waals surface area contributed by atoms with Crippen molar-refractivity contribution in [3.63, 3.8) is 0 Å². The van der Waals surface area contributed by atoms with Gasteiger partial charge in [0.2, 0.25) is 0 Å². The molecule has 2 heterocycles. The summed E-state index contributed by atoms with van der Waals surface area (Å²) in [5, 5.41) is 9.62. The molecule has 0 saturated heterocycles. The summed E-state index contributed by atoms with van der Waals surface area (Å²) in [6.45, 7) is 1.94. The van der Waals surface area contributed by atoms with Crippen molar-refractivity contribution in [2.75, 3.05) is 0 Å². The van der Waals surface area contributed by atoms with Crippen molar-refractivity contribution in [3.05, 3.63) is 48.2 Å². The highest BCUT2D eigenvalue weighted by Crippen LogP contribution is 2.23. The summed E-state index contributed by atoms with van der Waals surface area (Å²) in [5.74, 6) is 1.75. The molecule has 1 N–H and O–H groups in total. The second kappa shape index (κ2) is 5.89. The molecule has 3 nitrogen and oxygen atoms in total.